The maximum absolute atomic E-state index is 12.0. The number of carbonyl (C=O) groups is 1. The minimum absolute atomic E-state index is 0.0823. The lowest BCUT2D eigenvalue weighted by Gasteiger charge is -2.18. The first-order chi connectivity index (χ1) is 9.87. The van der Waals surface area contributed by atoms with Gasteiger partial charge in [-0.2, -0.15) is 0 Å². The van der Waals surface area contributed by atoms with Crippen LogP contribution in [0.3, 0.4) is 0 Å². The Morgan fingerprint density at radius 2 is 1.86 bits per heavy atom. The van der Waals surface area contributed by atoms with Crippen LogP contribution in [-0.2, 0) is 0 Å². The summed E-state index contributed by atoms with van der Waals surface area (Å²) >= 11 is 0. The molecule has 0 aliphatic carbocycles. The zero-order chi connectivity index (χ0) is 15.5. The highest BCUT2D eigenvalue weighted by atomic mass is 16.2. The second-order valence-corrected chi connectivity index (χ2v) is 5.65. The normalized spacial score (nSPS) is 11.2. The molecule has 0 spiro atoms. The Bertz CT molecular complexity index is 685. The molecule has 0 aliphatic heterocycles. The highest BCUT2D eigenvalue weighted by molar-refractivity contribution is 5.94. The molecule has 5 nitrogen and oxygen atoms in total. The molecular weight excluding hydrogens is 266 g/mol. The highest BCUT2D eigenvalue weighted by Gasteiger charge is 2.15. The predicted octanol–water partition coefficient (Wildman–Crippen LogP) is 1.51. The van der Waals surface area contributed by atoms with Gasteiger partial charge in [-0.05, 0) is 31.5 Å². The fourth-order valence-electron chi connectivity index (χ4n) is 1.84. The molecule has 4 N–H and O–H groups in total. The van der Waals surface area contributed by atoms with Crippen molar-refractivity contribution in [1.82, 2.24) is 10.3 Å². The maximum Gasteiger partial charge on any atom is 0.261 e. The van der Waals surface area contributed by atoms with E-state index in [1.165, 1.54) is 6.07 Å². The summed E-state index contributed by atoms with van der Waals surface area (Å²) in [6.45, 7) is 3.90. The Hall–Kier alpha value is -2.40. The number of nitrogens with two attached hydrogens (primary N) is 1. The summed E-state index contributed by atoms with van der Waals surface area (Å²) in [6.07, 6.45) is 0. The van der Waals surface area contributed by atoms with E-state index in [1.54, 1.807) is 19.9 Å². The smallest absolute Gasteiger partial charge is 0.261 e. The van der Waals surface area contributed by atoms with Crippen LogP contribution in [-0.4, -0.2) is 23.0 Å². The van der Waals surface area contributed by atoms with Crippen LogP contribution in [0.15, 0.2) is 47.3 Å². The Kier molecular flexibility index (Phi) is 4.23. The highest BCUT2D eigenvalue weighted by Crippen LogP contribution is 2.14. The van der Waals surface area contributed by atoms with Gasteiger partial charge in [0.25, 0.3) is 11.5 Å². The van der Waals surface area contributed by atoms with Gasteiger partial charge in [0.2, 0.25) is 0 Å². The molecule has 1 heterocycles. The lowest BCUT2D eigenvalue weighted by atomic mass is 10.1. The number of hydrogen-bond acceptors (Lipinski definition) is 3. The monoisotopic (exact) mass is 285 g/mol. The predicted molar refractivity (Wildman–Crippen MR) is 83.1 cm³/mol. The lowest BCUT2D eigenvalue weighted by molar-refractivity contribution is 0.0944. The van der Waals surface area contributed by atoms with Crippen molar-refractivity contribution in [3.8, 4) is 11.3 Å². The van der Waals surface area contributed by atoms with E-state index in [-0.39, 0.29) is 5.56 Å². The Balaban J connectivity index is 2.20. The minimum atomic E-state index is -0.521. The van der Waals surface area contributed by atoms with Gasteiger partial charge < -0.3 is 16.0 Å². The molecule has 1 aromatic carbocycles. The van der Waals surface area contributed by atoms with E-state index in [2.05, 4.69) is 10.3 Å². The topological polar surface area (TPSA) is 88.0 Å². The molecule has 0 saturated heterocycles. The molecule has 0 saturated carbocycles. The fraction of sp³-hybridized carbons (Fsp3) is 0.250. The molecule has 2 aromatic rings. The molecule has 0 bridgehead atoms. The average Bonchev–Trinajstić information content (AvgIpc) is 2.45. The van der Waals surface area contributed by atoms with E-state index in [4.69, 9.17) is 5.73 Å². The summed E-state index contributed by atoms with van der Waals surface area (Å²) < 4.78 is 0. The number of aromatic nitrogens is 1. The van der Waals surface area contributed by atoms with Crippen LogP contribution in [0.4, 0.5) is 0 Å². The van der Waals surface area contributed by atoms with Gasteiger partial charge in [0.05, 0.1) is 0 Å². The Labute approximate surface area is 123 Å². The van der Waals surface area contributed by atoms with E-state index in [9.17, 15) is 9.59 Å². The summed E-state index contributed by atoms with van der Waals surface area (Å²) in [6, 6.07) is 12.7. The van der Waals surface area contributed by atoms with E-state index in [0.717, 1.165) is 5.56 Å². The van der Waals surface area contributed by atoms with E-state index < -0.39 is 17.0 Å². The number of pyridine rings is 1. The third kappa shape index (κ3) is 4.03. The molecule has 0 atom stereocenters. The molecule has 0 radical (unpaired) electrons. The van der Waals surface area contributed by atoms with Crippen LogP contribution >= 0.6 is 0 Å². The molecule has 1 amide bonds. The summed E-state index contributed by atoms with van der Waals surface area (Å²) in [5, 5.41) is 2.66. The fourth-order valence-corrected chi connectivity index (χ4v) is 1.84. The van der Waals surface area contributed by atoms with Gasteiger partial charge in [-0.25, -0.2) is 0 Å². The summed E-state index contributed by atoms with van der Waals surface area (Å²) in [4.78, 5) is 26.7. The lowest BCUT2D eigenvalue weighted by Crippen LogP contribution is -2.45. The third-order valence-electron chi connectivity index (χ3n) is 2.94. The van der Waals surface area contributed by atoms with Crippen molar-refractivity contribution in [3.05, 3.63) is 58.4 Å². The van der Waals surface area contributed by atoms with E-state index in [0.29, 0.717) is 12.2 Å². The molecule has 1 aromatic heterocycles. The Morgan fingerprint density at radius 1 is 1.19 bits per heavy atom. The van der Waals surface area contributed by atoms with E-state index in [1.807, 2.05) is 30.3 Å². The van der Waals surface area contributed by atoms with Gasteiger partial charge >= 0.3 is 0 Å². The number of rotatable bonds is 4. The SMILES string of the molecule is CC(C)(N)CNC(=O)c1ccc(-c2ccccc2)[nH]c1=O. The molecule has 0 aliphatic rings. The van der Waals surface area contributed by atoms with Gasteiger partial charge in [-0.3, -0.25) is 9.59 Å². The molecule has 110 valence electrons. The number of aromatic amines is 1. The van der Waals surface area contributed by atoms with Crippen molar-refractivity contribution in [3.63, 3.8) is 0 Å². The van der Waals surface area contributed by atoms with Crippen LogP contribution in [0.25, 0.3) is 11.3 Å². The molecule has 2 rings (SSSR count). The first-order valence-electron chi connectivity index (χ1n) is 6.73. The molecule has 0 unspecified atom stereocenters. The maximum atomic E-state index is 12.0. The summed E-state index contributed by atoms with van der Waals surface area (Å²) in [5.74, 6) is -0.422. The summed E-state index contributed by atoms with van der Waals surface area (Å²) in [7, 11) is 0. The van der Waals surface area contributed by atoms with Crippen molar-refractivity contribution in [2.75, 3.05) is 6.54 Å². The largest absolute Gasteiger partial charge is 0.350 e. The van der Waals surface area contributed by atoms with Gasteiger partial charge in [-0.15, -0.1) is 0 Å². The molecule has 5 heteroatoms. The first kappa shape index (κ1) is 15.0. The number of H-pyrrole nitrogens is 1. The zero-order valence-electron chi connectivity index (χ0n) is 12.1. The number of hydrogen-bond donors (Lipinski definition) is 3. The zero-order valence-corrected chi connectivity index (χ0v) is 12.1. The standard InChI is InChI=1S/C16H19N3O2/c1-16(2,17)10-18-14(20)12-8-9-13(19-15(12)21)11-6-4-3-5-7-11/h3-9H,10,17H2,1-2H3,(H,18,20)(H,19,21). The van der Waals surface area contributed by atoms with Crippen LogP contribution < -0.4 is 16.6 Å². The number of nitrogens with one attached hydrogen (secondary N) is 2. The average molecular weight is 285 g/mol. The van der Waals surface area contributed by atoms with Gasteiger partial charge in [0, 0.05) is 17.8 Å². The van der Waals surface area contributed by atoms with Crippen molar-refractivity contribution < 1.29 is 4.79 Å². The second-order valence-electron chi connectivity index (χ2n) is 5.65. The number of carbonyl (C=O) groups excluding carboxylic acids is 1. The Morgan fingerprint density at radius 3 is 2.43 bits per heavy atom. The number of benzene rings is 1. The van der Waals surface area contributed by atoms with E-state index >= 15 is 0 Å². The van der Waals surface area contributed by atoms with Crippen LogP contribution in [0.1, 0.15) is 24.2 Å². The first-order valence-corrected chi connectivity index (χ1v) is 6.73. The third-order valence-corrected chi connectivity index (χ3v) is 2.94. The quantitative estimate of drug-likeness (QED) is 0.795. The molecular formula is C16H19N3O2. The van der Waals surface area contributed by atoms with Crippen molar-refractivity contribution in [2.24, 2.45) is 5.73 Å². The second kappa shape index (κ2) is 5.93. The summed E-state index contributed by atoms with van der Waals surface area (Å²) in [5.41, 5.74) is 6.52. The van der Waals surface area contributed by atoms with Crippen molar-refractivity contribution in [1.29, 1.82) is 0 Å². The van der Waals surface area contributed by atoms with Crippen molar-refractivity contribution >= 4 is 5.91 Å². The van der Waals surface area contributed by atoms with Gasteiger partial charge in [-0.1, -0.05) is 30.3 Å². The number of amides is 1. The minimum Gasteiger partial charge on any atom is -0.350 e. The van der Waals surface area contributed by atoms with Crippen LogP contribution in [0.2, 0.25) is 0 Å². The van der Waals surface area contributed by atoms with Crippen LogP contribution in [0, 0.1) is 0 Å². The van der Waals surface area contributed by atoms with Gasteiger partial charge in [0.15, 0.2) is 0 Å². The molecule has 0 fully saturated rings. The van der Waals surface area contributed by atoms with Gasteiger partial charge in [0.1, 0.15) is 5.56 Å². The van der Waals surface area contributed by atoms with Crippen LogP contribution in [0.5, 0.6) is 0 Å². The van der Waals surface area contributed by atoms with Crippen molar-refractivity contribution in [2.45, 2.75) is 19.4 Å². The molecule has 21 heavy (non-hydrogen) atoms.